The van der Waals surface area contributed by atoms with Crippen LogP contribution in [0.2, 0.25) is 5.02 Å². The zero-order valence-electron chi connectivity index (χ0n) is 20.7. The number of imide groups is 1. The van der Waals surface area contributed by atoms with E-state index in [2.05, 4.69) is 10.6 Å². The van der Waals surface area contributed by atoms with Crippen molar-refractivity contribution >= 4 is 64.0 Å². The molecule has 9 nitrogen and oxygen atoms in total. The summed E-state index contributed by atoms with van der Waals surface area (Å²) in [5, 5.41) is 15.3. The molecule has 0 fully saturated rings. The molecule has 3 N–H and O–H groups in total. The fourth-order valence-electron chi connectivity index (χ4n) is 3.70. The van der Waals surface area contributed by atoms with Crippen LogP contribution in [0.1, 0.15) is 40.5 Å². The summed E-state index contributed by atoms with van der Waals surface area (Å²) in [4.78, 5) is 52.1. The normalized spacial score (nSPS) is 13.1. The lowest BCUT2D eigenvalue weighted by Crippen LogP contribution is -2.32. The van der Waals surface area contributed by atoms with E-state index in [0.717, 1.165) is 17.7 Å². The Morgan fingerprint density at radius 3 is 2.46 bits per heavy atom. The van der Waals surface area contributed by atoms with Crippen molar-refractivity contribution in [3.63, 3.8) is 0 Å². The van der Waals surface area contributed by atoms with Gasteiger partial charge in [-0.1, -0.05) is 48.7 Å². The number of phenols is 1. The van der Waals surface area contributed by atoms with Crippen molar-refractivity contribution in [1.82, 2.24) is 0 Å². The van der Waals surface area contributed by atoms with Gasteiger partial charge in [0.15, 0.2) is 0 Å². The highest BCUT2D eigenvalue weighted by atomic mass is 35.5. The molecule has 200 valence electrons. The van der Waals surface area contributed by atoms with Crippen LogP contribution in [0.15, 0.2) is 77.5 Å². The third-order valence-corrected chi connectivity index (χ3v) is 6.29. The van der Waals surface area contributed by atoms with Crippen LogP contribution < -0.4 is 15.5 Å². The van der Waals surface area contributed by atoms with Gasteiger partial charge in [0.25, 0.3) is 17.7 Å². The zero-order valence-corrected chi connectivity index (χ0v) is 22.2. The summed E-state index contributed by atoms with van der Waals surface area (Å²) >= 11 is 12.2. The number of carbonyl (C=O) groups excluding carboxylic acids is 4. The van der Waals surface area contributed by atoms with E-state index < -0.39 is 23.7 Å². The standard InChI is InChI=1S/C28H23Cl2N3O6/c1-2-3-12-39-28(38)17-7-5-9-20(14-17)33-26(36)23(30)24(27(33)37)31-19-8-4-6-16(13-19)25(35)32-21-15-18(29)10-11-22(21)34/h4-11,13-15,31,34H,2-3,12H2,1H3,(H,32,35). The van der Waals surface area contributed by atoms with Gasteiger partial charge in [0.2, 0.25) is 0 Å². The van der Waals surface area contributed by atoms with Crippen LogP contribution in [0.4, 0.5) is 17.1 Å². The van der Waals surface area contributed by atoms with Crippen molar-refractivity contribution in [3.05, 3.63) is 93.6 Å². The van der Waals surface area contributed by atoms with Crippen LogP contribution in [0, 0.1) is 0 Å². The lowest BCUT2D eigenvalue weighted by atomic mass is 10.1. The predicted molar refractivity (Wildman–Crippen MR) is 148 cm³/mol. The largest absolute Gasteiger partial charge is 0.506 e. The molecular weight excluding hydrogens is 545 g/mol. The maximum absolute atomic E-state index is 13.2. The van der Waals surface area contributed by atoms with Crippen LogP contribution in [0.5, 0.6) is 5.75 Å². The first-order chi connectivity index (χ1) is 18.7. The molecule has 0 aliphatic carbocycles. The second-order valence-electron chi connectivity index (χ2n) is 8.50. The van der Waals surface area contributed by atoms with Gasteiger partial charge >= 0.3 is 5.97 Å². The summed E-state index contributed by atoms with van der Waals surface area (Å²) in [7, 11) is 0. The first-order valence-corrected chi connectivity index (χ1v) is 12.7. The highest BCUT2D eigenvalue weighted by molar-refractivity contribution is 6.53. The van der Waals surface area contributed by atoms with Gasteiger partial charge in [0.1, 0.15) is 16.5 Å². The Hall–Kier alpha value is -4.34. The highest BCUT2D eigenvalue weighted by Crippen LogP contribution is 2.31. The molecule has 0 radical (unpaired) electrons. The third-order valence-electron chi connectivity index (χ3n) is 5.70. The molecular formula is C28H23Cl2N3O6. The SMILES string of the molecule is CCCCOC(=O)c1cccc(N2C(=O)C(Cl)=C(Nc3cccc(C(=O)Nc4cc(Cl)ccc4O)c3)C2=O)c1. The summed E-state index contributed by atoms with van der Waals surface area (Å²) in [5.41, 5.74) is 0.773. The molecule has 3 aromatic rings. The van der Waals surface area contributed by atoms with Gasteiger partial charge in [0.05, 0.1) is 23.5 Å². The first-order valence-electron chi connectivity index (χ1n) is 11.9. The fourth-order valence-corrected chi connectivity index (χ4v) is 4.08. The van der Waals surface area contributed by atoms with Crippen molar-refractivity contribution < 1.29 is 29.0 Å². The fraction of sp³-hybridized carbons (Fsp3) is 0.143. The van der Waals surface area contributed by atoms with E-state index in [1.165, 1.54) is 54.6 Å². The monoisotopic (exact) mass is 567 g/mol. The average Bonchev–Trinajstić information content (AvgIpc) is 3.13. The first kappa shape index (κ1) is 27.7. The molecule has 0 spiro atoms. The molecule has 3 aromatic carbocycles. The number of amides is 3. The molecule has 39 heavy (non-hydrogen) atoms. The number of hydrogen-bond donors (Lipinski definition) is 3. The van der Waals surface area contributed by atoms with E-state index in [-0.39, 0.29) is 45.6 Å². The van der Waals surface area contributed by atoms with Crippen molar-refractivity contribution in [3.8, 4) is 5.75 Å². The number of anilines is 3. The van der Waals surface area contributed by atoms with Gasteiger partial charge < -0.3 is 20.5 Å². The summed E-state index contributed by atoms with van der Waals surface area (Å²) in [6.45, 7) is 2.24. The minimum atomic E-state index is -0.772. The molecule has 0 atom stereocenters. The van der Waals surface area contributed by atoms with Gasteiger partial charge in [-0.05, 0) is 61.0 Å². The molecule has 0 saturated carbocycles. The molecule has 1 aliphatic rings. The van der Waals surface area contributed by atoms with Crippen LogP contribution >= 0.6 is 23.2 Å². The number of rotatable bonds is 9. The number of unbranched alkanes of at least 4 members (excludes halogenated alkanes) is 1. The number of ether oxygens (including phenoxy) is 1. The number of nitrogens with one attached hydrogen (secondary N) is 2. The van der Waals surface area contributed by atoms with Crippen molar-refractivity contribution in [2.75, 3.05) is 22.1 Å². The Labute approximate surface area is 234 Å². The smallest absolute Gasteiger partial charge is 0.338 e. The molecule has 0 aromatic heterocycles. The van der Waals surface area contributed by atoms with E-state index in [9.17, 15) is 24.3 Å². The molecule has 0 saturated heterocycles. The summed E-state index contributed by atoms with van der Waals surface area (Å²) < 4.78 is 5.21. The lowest BCUT2D eigenvalue weighted by molar-refractivity contribution is -0.120. The summed E-state index contributed by atoms with van der Waals surface area (Å²) in [5.74, 6) is -2.78. The number of nitrogens with zero attached hydrogens (tertiary/aromatic N) is 1. The molecule has 11 heteroatoms. The Morgan fingerprint density at radius 1 is 0.949 bits per heavy atom. The summed E-state index contributed by atoms with van der Waals surface area (Å²) in [6, 6.07) is 16.3. The lowest BCUT2D eigenvalue weighted by Gasteiger charge is -2.16. The molecule has 4 rings (SSSR count). The Bertz CT molecular complexity index is 1500. The van der Waals surface area contributed by atoms with Gasteiger partial charge in [-0.2, -0.15) is 0 Å². The second kappa shape index (κ2) is 12.0. The maximum atomic E-state index is 13.2. The van der Waals surface area contributed by atoms with Gasteiger partial charge in [-0.3, -0.25) is 14.4 Å². The van der Waals surface area contributed by atoms with Crippen LogP contribution in [-0.2, 0) is 14.3 Å². The van der Waals surface area contributed by atoms with Crippen LogP contribution in [0.3, 0.4) is 0 Å². The number of aromatic hydroxyl groups is 1. The number of phenolic OH excluding ortho intramolecular Hbond substituents is 1. The van der Waals surface area contributed by atoms with Gasteiger partial charge in [-0.25, -0.2) is 9.69 Å². The minimum Gasteiger partial charge on any atom is -0.506 e. The van der Waals surface area contributed by atoms with E-state index in [0.29, 0.717) is 10.7 Å². The molecule has 0 unspecified atom stereocenters. The van der Waals surface area contributed by atoms with Crippen molar-refractivity contribution in [1.29, 1.82) is 0 Å². The van der Waals surface area contributed by atoms with E-state index in [4.69, 9.17) is 27.9 Å². The summed E-state index contributed by atoms with van der Waals surface area (Å²) in [6.07, 6.45) is 1.58. The average molecular weight is 568 g/mol. The number of esters is 1. The highest BCUT2D eigenvalue weighted by Gasteiger charge is 2.39. The van der Waals surface area contributed by atoms with Crippen LogP contribution in [0.25, 0.3) is 0 Å². The Kier molecular flexibility index (Phi) is 8.53. The quantitative estimate of drug-likeness (QED) is 0.131. The van der Waals surface area contributed by atoms with E-state index in [1.807, 2.05) is 6.92 Å². The van der Waals surface area contributed by atoms with E-state index in [1.54, 1.807) is 12.1 Å². The zero-order chi connectivity index (χ0) is 28.1. The predicted octanol–water partition coefficient (Wildman–Crippen LogP) is 5.69. The maximum Gasteiger partial charge on any atom is 0.338 e. The number of hydrogen-bond acceptors (Lipinski definition) is 7. The van der Waals surface area contributed by atoms with Gasteiger partial charge in [-0.15, -0.1) is 0 Å². The molecule has 0 bridgehead atoms. The van der Waals surface area contributed by atoms with Crippen molar-refractivity contribution in [2.24, 2.45) is 0 Å². The second-order valence-corrected chi connectivity index (χ2v) is 9.31. The molecule has 1 aliphatic heterocycles. The van der Waals surface area contributed by atoms with Gasteiger partial charge in [0, 0.05) is 16.3 Å². The number of benzene rings is 3. The molecule has 3 amide bonds. The van der Waals surface area contributed by atoms with E-state index >= 15 is 0 Å². The Morgan fingerprint density at radius 2 is 1.69 bits per heavy atom. The third kappa shape index (κ3) is 6.22. The van der Waals surface area contributed by atoms with Crippen LogP contribution in [-0.4, -0.2) is 35.4 Å². The minimum absolute atomic E-state index is 0.125. The molecule has 1 heterocycles. The number of carbonyl (C=O) groups is 4. The topological polar surface area (TPSA) is 125 Å². The Balaban J connectivity index is 1.51. The van der Waals surface area contributed by atoms with Crippen molar-refractivity contribution in [2.45, 2.75) is 19.8 Å². The number of halogens is 2.